The number of aromatic nitrogens is 4. The van der Waals surface area contributed by atoms with Crippen molar-refractivity contribution in [3.8, 4) is 17.0 Å². The molecule has 0 atom stereocenters. The van der Waals surface area contributed by atoms with E-state index in [0.717, 1.165) is 16.0 Å². The van der Waals surface area contributed by atoms with Crippen LogP contribution in [0.15, 0.2) is 41.5 Å². The Morgan fingerprint density at radius 2 is 2.00 bits per heavy atom. The molecule has 1 amide bonds. The molecule has 0 saturated heterocycles. The quantitative estimate of drug-likeness (QED) is 0.548. The monoisotopic (exact) mass is 399 g/mol. The van der Waals surface area contributed by atoms with Crippen LogP contribution < -0.4 is 15.6 Å². The molecule has 2 heterocycles. The first-order valence-electron chi connectivity index (χ1n) is 9.46. The number of amides is 1. The molecule has 0 fully saturated rings. The van der Waals surface area contributed by atoms with Gasteiger partial charge in [-0.15, -0.1) is 0 Å². The highest BCUT2D eigenvalue weighted by Crippen LogP contribution is 2.21. The smallest absolute Gasteiger partial charge is 0.293 e. The first-order valence-corrected chi connectivity index (χ1v) is 9.46. The molecule has 9 heteroatoms. The maximum absolute atomic E-state index is 12.7. The fourth-order valence-electron chi connectivity index (χ4n) is 2.76. The fraction of sp³-hybridized carbons (Fsp3) is 0.400. The molecule has 0 saturated carbocycles. The van der Waals surface area contributed by atoms with E-state index < -0.39 is 0 Å². The third-order valence-corrected chi connectivity index (χ3v) is 4.26. The van der Waals surface area contributed by atoms with Gasteiger partial charge in [0.2, 0.25) is 5.91 Å². The number of carbonyl (C=O) groups is 1. The zero-order chi connectivity index (χ0) is 20.8. The standard InChI is InChI=1S/C20H25N5O4/c1-14(2)29-10-4-9-21-19(26)12-24-20(27)18-11-17(23-25(18)13-22-24)15-5-7-16(28-3)8-6-15/h5-8,11,13-14H,4,9-10,12H2,1-3H3,(H,21,26). The van der Waals surface area contributed by atoms with Crippen LogP contribution in [0.4, 0.5) is 0 Å². The largest absolute Gasteiger partial charge is 0.497 e. The van der Waals surface area contributed by atoms with Gasteiger partial charge in [-0.2, -0.15) is 10.2 Å². The number of nitrogens with one attached hydrogen (secondary N) is 1. The third kappa shape index (κ3) is 5.20. The number of hydrogen-bond acceptors (Lipinski definition) is 6. The lowest BCUT2D eigenvalue weighted by molar-refractivity contribution is -0.121. The van der Waals surface area contributed by atoms with Crippen molar-refractivity contribution >= 4 is 11.4 Å². The summed E-state index contributed by atoms with van der Waals surface area (Å²) in [4.78, 5) is 24.8. The highest BCUT2D eigenvalue weighted by molar-refractivity contribution is 5.75. The average molecular weight is 399 g/mol. The van der Waals surface area contributed by atoms with Gasteiger partial charge in [0.05, 0.1) is 18.9 Å². The summed E-state index contributed by atoms with van der Waals surface area (Å²) in [5.74, 6) is 0.465. The lowest BCUT2D eigenvalue weighted by Crippen LogP contribution is -2.35. The van der Waals surface area contributed by atoms with Crippen LogP contribution >= 0.6 is 0 Å². The SMILES string of the molecule is COc1ccc(-c2cc3c(=O)n(CC(=O)NCCCOC(C)C)ncn3n2)cc1. The second kappa shape index (κ2) is 9.33. The Morgan fingerprint density at radius 3 is 2.69 bits per heavy atom. The summed E-state index contributed by atoms with van der Waals surface area (Å²) in [6.07, 6.45) is 2.30. The van der Waals surface area contributed by atoms with E-state index in [4.69, 9.17) is 9.47 Å². The molecule has 0 bridgehead atoms. The summed E-state index contributed by atoms with van der Waals surface area (Å²) in [5, 5.41) is 11.2. The number of ether oxygens (including phenoxy) is 2. The summed E-state index contributed by atoms with van der Waals surface area (Å²) in [7, 11) is 1.60. The molecule has 0 unspecified atom stereocenters. The lowest BCUT2D eigenvalue weighted by Gasteiger charge is -2.08. The Kier molecular flexibility index (Phi) is 6.61. The van der Waals surface area contributed by atoms with Crippen molar-refractivity contribution in [2.75, 3.05) is 20.3 Å². The predicted molar refractivity (Wildman–Crippen MR) is 108 cm³/mol. The van der Waals surface area contributed by atoms with Crippen LogP contribution in [-0.4, -0.2) is 51.7 Å². The van der Waals surface area contributed by atoms with Crippen molar-refractivity contribution in [3.63, 3.8) is 0 Å². The van der Waals surface area contributed by atoms with Gasteiger partial charge in [-0.1, -0.05) is 0 Å². The first kappa shape index (κ1) is 20.5. The number of fused-ring (bicyclic) bond motifs is 1. The molecule has 3 aromatic rings. The third-order valence-electron chi connectivity index (χ3n) is 4.26. The molecule has 3 rings (SSSR count). The molecule has 0 aliphatic rings. The molecule has 0 aliphatic heterocycles. The Bertz CT molecular complexity index is 1020. The van der Waals surface area contributed by atoms with Crippen molar-refractivity contribution in [2.45, 2.75) is 32.9 Å². The van der Waals surface area contributed by atoms with E-state index in [-0.39, 0.29) is 24.1 Å². The molecule has 0 spiro atoms. The Labute approximate surface area is 168 Å². The van der Waals surface area contributed by atoms with Crippen LogP contribution in [0.3, 0.4) is 0 Å². The fourth-order valence-corrected chi connectivity index (χ4v) is 2.76. The van der Waals surface area contributed by atoms with Gasteiger partial charge >= 0.3 is 0 Å². The van der Waals surface area contributed by atoms with Gasteiger partial charge in [-0.25, -0.2) is 9.20 Å². The number of carbonyl (C=O) groups excluding carboxylic acids is 1. The molecule has 9 nitrogen and oxygen atoms in total. The minimum Gasteiger partial charge on any atom is -0.497 e. The molecule has 0 radical (unpaired) electrons. The number of nitrogens with zero attached hydrogens (tertiary/aromatic N) is 4. The van der Waals surface area contributed by atoms with Crippen LogP contribution in [0.1, 0.15) is 20.3 Å². The average Bonchev–Trinajstić information content (AvgIpc) is 3.15. The van der Waals surface area contributed by atoms with Crippen LogP contribution in [0, 0.1) is 0 Å². The van der Waals surface area contributed by atoms with Gasteiger partial charge in [-0.05, 0) is 50.6 Å². The molecular formula is C20H25N5O4. The molecule has 2 aromatic heterocycles. The highest BCUT2D eigenvalue weighted by Gasteiger charge is 2.12. The van der Waals surface area contributed by atoms with Gasteiger partial charge in [0.25, 0.3) is 5.56 Å². The Morgan fingerprint density at radius 1 is 1.24 bits per heavy atom. The summed E-state index contributed by atoms with van der Waals surface area (Å²) >= 11 is 0. The summed E-state index contributed by atoms with van der Waals surface area (Å²) in [5.41, 5.74) is 1.46. The lowest BCUT2D eigenvalue weighted by atomic mass is 10.1. The van der Waals surface area contributed by atoms with Crippen LogP contribution in [0.25, 0.3) is 16.8 Å². The summed E-state index contributed by atoms with van der Waals surface area (Å²) < 4.78 is 13.1. The predicted octanol–water partition coefficient (Wildman–Crippen LogP) is 1.50. The second-order valence-electron chi connectivity index (χ2n) is 6.80. The van der Waals surface area contributed by atoms with Crippen molar-refractivity contribution in [2.24, 2.45) is 0 Å². The number of rotatable bonds is 9. The molecular weight excluding hydrogens is 374 g/mol. The Balaban J connectivity index is 1.68. The van der Waals surface area contributed by atoms with Crippen molar-refractivity contribution < 1.29 is 14.3 Å². The molecule has 0 aliphatic carbocycles. The summed E-state index contributed by atoms with van der Waals surface area (Å²) in [6.45, 7) is 4.83. The highest BCUT2D eigenvalue weighted by atomic mass is 16.5. The van der Waals surface area contributed by atoms with E-state index in [1.807, 2.05) is 38.1 Å². The van der Waals surface area contributed by atoms with Crippen LogP contribution in [0.2, 0.25) is 0 Å². The second-order valence-corrected chi connectivity index (χ2v) is 6.80. The van der Waals surface area contributed by atoms with E-state index in [0.29, 0.717) is 30.8 Å². The van der Waals surface area contributed by atoms with E-state index in [1.54, 1.807) is 13.2 Å². The van der Waals surface area contributed by atoms with E-state index in [9.17, 15) is 9.59 Å². The van der Waals surface area contributed by atoms with Gasteiger partial charge in [0, 0.05) is 18.7 Å². The maximum atomic E-state index is 12.7. The molecule has 1 N–H and O–H groups in total. The number of benzene rings is 1. The minimum absolute atomic E-state index is 0.149. The van der Waals surface area contributed by atoms with E-state index >= 15 is 0 Å². The topological polar surface area (TPSA) is 99.8 Å². The number of hydrogen-bond donors (Lipinski definition) is 1. The zero-order valence-corrected chi connectivity index (χ0v) is 16.8. The van der Waals surface area contributed by atoms with Gasteiger partial charge in [-0.3, -0.25) is 9.59 Å². The first-order chi connectivity index (χ1) is 14.0. The van der Waals surface area contributed by atoms with Crippen LogP contribution in [-0.2, 0) is 16.1 Å². The van der Waals surface area contributed by atoms with E-state index in [1.165, 1.54) is 10.8 Å². The molecule has 1 aromatic carbocycles. The molecule has 154 valence electrons. The van der Waals surface area contributed by atoms with Crippen molar-refractivity contribution in [1.82, 2.24) is 24.7 Å². The van der Waals surface area contributed by atoms with Crippen LogP contribution in [0.5, 0.6) is 5.75 Å². The van der Waals surface area contributed by atoms with E-state index in [2.05, 4.69) is 15.5 Å². The van der Waals surface area contributed by atoms with Gasteiger partial charge in [0.15, 0.2) is 0 Å². The maximum Gasteiger partial charge on any atom is 0.293 e. The summed E-state index contributed by atoms with van der Waals surface area (Å²) in [6, 6.07) is 9.06. The number of methoxy groups -OCH3 is 1. The zero-order valence-electron chi connectivity index (χ0n) is 16.8. The van der Waals surface area contributed by atoms with Crippen molar-refractivity contribution in [1.29, 1.82) is 0 Å². The van der Waals surface area contributed by atoms with Gasteiger partial charge < -0.3 is 14.8 Å². The van der Waals surface area contributed by atoms with Crippen molar-refractivity contribution in [3.05, 3.63) is 47.0 Å². The Hall–Kier alpha value is -3.20. The normalized spacial score (nSPS) is 11.2. The minimum atomic E-state index is -0.377. The molecule has 29 heavy (non-hydrogen) atoms. The van der Waals surface area contributed by atoms with Gasteiger partial charge in [0.1, 0.15) is 24.1 Å².